The van der Waals surface area contributed by atoms with E-state index in [1.807, 2.05) is 0 Å². The minimum atomic E-state index is -1.77. The van der Waals surface area contributed by atoms with Crippen LogP contribution in [0.25, 0.3) is 0 Å². The van der Waals surface area contributed by atoms with Crippen molar-refractivity contribution in [2.45, 2.75) is 145 Å². The molecule has 0 spiro atoms. The van der Waals surface area contributed by atoms with Crippen molar-refractivity contribution in [2.24, 2.45) is 0 Å². The van der Waals surface area contributed by atoms with E-state index in [9.17, 15) is 45.6 Å². The molecule has 0 aromatic rings. The molecule has 41 heavy (non-hydrogen) atoms. The summed E-state index contributed by atoms with van der Waals surface area (Å²) in [6, 6.07) is -0.814. The maximum atomic E-state index is 12.1. The van der Waals surface area contributed by atoms with E-state index in [4.69, 9.17) is 18.9 Å². The lowest BCUT2D eigenvalue weighted by Crippen LogP contribution is -2.65. The van der Waals surface area contributed by atoms with Crippen molar-refractivity contribution < 1.29 is 64.6 Å². The number of rotatable bonds is 18. The number of amides is 1. The second kappa shape index (κ2) is 18.6. The van der Waals surface area contributed by atoms with Crippen molar-refractivity contribution in [3.05, 3.63) is 0 Å². The molecule has 2 rings (SSSR count). The fourth-order valence-corrected chi connectivity index (χ4v) is 4.96. The van der Waals surface area contributed by atoms with Crippen LogP contribution in [-0.4, -0.2) is 140 Å². The number of nitrogens with one attached hydrogen (secondary N) is 1. The quantitative estimate of drug-likeness (QED) is 0.0782. The maximum absolute atomic E-state index is 12.1. The topological polar surface area (TPSA) is 228 Å². The number of unbranched alkanes of at least 4 members (excludes halogenated alkanes) is 6. The van der Waals surface area contributed by atoms with Gasteiger partial charge in [-0.2, -0.15) is 0 Å². The van der Waals surface area contributed by atoms with Gasteiger partial charge in [-0.05, 0) is 6.42 Å². The van der Waals surface area contributed by atoms with E-state index < -0.39 is 86.8 Å². The molecule has 2 aliphatic heterocycles. The standard InChI is InChI=1S/C27H51NO13/c1-3-5-6-7-8-9-10-11-16(31)15(28-19(32)4-2)14-38-26-24(37)22(35)25(18(13-30)40-26)41-27-23(36)21(34)20(33)17(12-29)39-27/h15-18,20-27,29-31,33-37H,3-14H2,1-2H3,(H,28,32). The minimum Gasteiger partial charge on any atom is -0.394 e. The van der Waals surface area contributed by atoms with Crippen molar-refractivity contribution >= 4 is 5.91 Å². The predicted molar refractivity (Wildman–Crippen MR) is 143 cm³/mol. The van der Waals surface area contributed by atoms with Crippen molar-refractivity contribution in [2.75, 3.05) is 19.8 Å². The first-order chi connectivity index (χ1) is 19.6. The summed E-state index contributed by atoms with van der Waals surface area (Å²) in [6.45, 7) is 2.16. The van der Waals surface area contributed by atoms with Crippen LogP contribution >= 0.6 is 0 Å². The van der Waals surface area contributed by atoms with Gasteiger partial charge >= 0.3 is 0 Å². The lowest BCUT2D eigenvalue weighted by molar-refractivity contribution is -0.359. The van der Waals surface area contributed by atoms with Crippen molar-refractivity contribution in [1.82, 2.24) is 5.32 Å². The second-order valence-electron chi connectivity index (χ2n) is 10.8. The average Bonchev–Trinajstić information content (AvgIpc) is 2.97. The summed E-state index contributed by atoms with van der Waals surface area (Å²) in [6.07, 6.45) is -8.55. The Hall–Kier alpha value is -1.01. The Morgan fingerprint density at radius 3 is 1.98 bits per heavy atom. The third-order valence-electron chi connectivity index (χ3n) is 7.64. The van der Waals surface area contributed by atoms with Gasteiger partial charge < -0.3 is 65.1 Å². The van der Waals surface area contributed by atoms with Gasteiger partial charge in [0, 0.05) is 6.42 Å². The number of aliphatic hydroxyl groups excluding tert-OH is 8. The fraction of sp³-hybridized carbons (Fsp3) is 0.963. The Morgan fingerprint density at radius 2 is 1.37 bits per heavy atom. The van der Waals surface area contributed by atoms with Gasteiger partial charge in [0.2, 0.25) is 5.91 Å². The summed E-state index contributed by atoms with van der Waals surface area (Å²) >= 11 is 0. The molecular weight excluding hydrogens is 546 g/mol. The number of carbonyl (C=O) groups excluding carboxylic acids is 1. The molecule has 2 saturated heterocycles. The summed E-state index contributed by atoms with van der Waals surface area (Å²) < 4.78 is 22.1. The molecule has 0 saturated carbocycles. The van der Waals surface area contributed by atoms with Gasteiger partial charge in [-0.25, -0.2) is 0 Å². The summed E-state index contributed by atoms with van der Waals surface area (Å²) in [5, 5.41) is 84.5. The Labute approximate surface area is 241 Å². The first-order valence-electron chi connectivity index (χ1n) is 14.8. The van der Waals surface area contributed by atoms with E-state index in [0.29, 0.717) is 6.42 Å². The minimum absolute atomic E-state index is 0.186. The van der Waals surface area contributed by atoms with Crippen LogP contribution in [0.5, 0.6) is 0 Å². The summed E-state index contributed by atoms with van der Waals surface area (Å²) in [4.78, 5) is 12.1. The molecule has 1 amide bonds. The van der Waals surface area contributed by atoms with E-state index in [-0.39, 0.29) is 18.9 Å². The number of hydrogen-bond donors (Lipinski definition) is 9. The molecule has 242 valence electrons. The van der Waals surface area contributed by atoms with Crippen LogP contribution in [0, 0.1) is 0 Å². The molecule has 9 N–H and O–H groups in total. The van der Waals surface area contributed by atoms with Crippen molar-refractivity contribution in [3.8, 4) is 0 Å². The SMILES string of the molecule is CCCCCCCCCC(O)C(COC1OC(CO)C(OC2OC(CO)C(O)C(O)C2O)C(O)C1O)NC(=O)CC. The molecule has 0 aromatic heterocycles. The lowest BCUT2D eigenvalue weighted by Gasteiger charge is -2.46. The number of aliphatic hydroxyl groups is 8. The van der Waals surface area contributed by atoms with Crippen molar-refractivity contribution in [1.29, 1.82) is 0 Å². The first-order valence-corrected chi connectivity index (χ1v) is 14.8. The molecule has 0 aromatic carbocycles. The Balaban J connectivity index is 1.97. The number of carbonyl (C=O) groups is 1. The first kappa shape index (κ1) is 36.2. The van der Waals surface area contributed by atoms with Crippen molar-refractivity contribution in [3.63, 3.8) is 0 Å². The van der Waals surface area contributed by atoms with Gasteiger partial charge in [0.15, 0.2) is 12.6 Å². The normalized spacial score (nSPS) is 35.7. The molecule has 0 radical (unpaired) electrons. The highest BCUT2D eigenvalue weighted by molar-refractivity contribution is 5.75. The third-order valence-corrected chi connectivity index (χ3v) is 7.64. The van der Waals surface area contributed by atoms with Crippen LogP contribution in [0.2, 0.25) is 0 Å². The number of ether oxygens (including phenoxy) is 4. The van der Waals surface area contributed by atoms with Crippen LogP contribution in [0.15, 0.2) is 0 Å². The maximum Gasteiger partial charge on any atom is 0.220 e. The monoisotopic (exact) mass is 597 g/mol. The molecular formula is C27H51NO13. The van der Waals surface area contributed by atoms with E-state index in [0.717, 1.165) is 25.7 Å². The van der Waals surface area contributed by atoms with Gasteiger partial charge in [0.1, 0.15) is 48.8 Å². The molecule has 2 fully saturated rings. The lowest BCUT2D eigenvalue weighted by atomic mass is 9.97. The third kappa shape index (κ3) is 10.6. The highest BCUT2D eigenvalue weighted by Crippen LogP contribution is 2.29. The zero-order valence-electron chi connectivity index (χ0n) is 24.0. The molecule has 2 aliphatic rings. The van der Waals surface area contributed by atoms with E-state index in [2.05, 4.69) is 12.2 Å². The summed E-state index contributed by atoms with van der Waals surface area (Å²) in [5.41, 5.74) is 0. The molecule has 12 unspecified atom stereocenters. The molecule has 14 nitrogen and oxygen atoms in total. The number of hydrogen-bond acceptors (Lipinski definition) is 13. The molecule has 12 atom stereocenters. The fourth-order valence-electron chi connectivity index (χ4n) is 4.96. The predicted octanol–water partition coefficient (Wildman–Crippen LogP) is -1.98. The van der Waals surface area contributed by atoms with Crippen LogP contribution < -0.4 is 5.32 Å². The zero-order valence-corrected chi connectivity index (χ0v) is 24.0. The van der Waals surface area contributed by atoms with Gasteiger partial charge in [-0.15, -0.1) is 0 Å². The van der Waals surface area contributed by atoms with Crippen LogP contribution in [0.1, 0.15) is 71.6 Å². The zero-order chi connectivity index (χ0) is 30.5. The highest BCUT2D eigenvalue weighted by atomic mass is 16.7. The molecule has 0 aliphatic carbocycles. The Kier molecular flexibility index (Phi) is 16.4. The van der Waals surface area contributed by atoms with Crippen LogP contribution in [0.3, 0.4) is 0 Å². The van der Waals surface area contributed by atoms with Gasteiger partial charge in [0.05, 0.1) is 32.0 Å². The van der Waals surface area contributed by atoms with Gasteiger partial charge in [-0.3, -0.25) is 4.79 Å². The molecule has 2 heterocycles. The van der Waals surface area contributed by atoms with E-state index >= 15 is 0 Å². The average molecular weight is 598 g/mol. The molecule has 0 bridgehead atoms. The highest BCUT2D eigenvalue weighted by Gasteiger charge is 2.50. The van der Waals surface area contributed by atoms with E-state index in [1.54, 1.807) is 6.92 Å². The second-order valence-corrected chi connectivity index (χ2v) is 10.8. The summed E-state index contributed by atoms with van der Waals surface area (Å²) in [7, 11) is 0. The van der Waals surface area contributed by atoms with Gasteiger partial charge in [0.25, 0.3) is 0 Å². The largest absolute Gasteiger partial charge is 0.394 e. The molecule has 14 heteroatoms. The van der Waals surface area contributed by atoms with Gasteiger partial charge in [-0.1, -0.05) is 58.8 Å². The van der Waals surface area contributed by atoms with E-state index in [1.165, 1.54) is 19.3 Å². The van der Waals surface area contributed by atoms with Crippen LogP contribution in [-0.2, 0) is 23.7 Å². The Morgan fingerprint density at radius 1 is 0.780 bits per heavy atom. The smallest absolute Gasteiger partial charge is 0.220 e. The summed E-state index contributed by atoms with van der Waals surface area (Å²) in [5.74, 6) is -0.302. The Bertz CT molecular complexity index is 729. The van der Waals surface area contributed by atoms with Crippen LogP contribution in [0.4, 0.5) is 0 Å².